The lowest BCUT2D eigenvalue weighted by molar-refractivity contribution is -0.524. The normalized spacial score (nSPS) is 22.3. The predicted molar refractivity (Wildman–Crippen MR) is 45.1 cm³/mol. The Morgan fingerprint density at radius 1 is 1.62 bits per heavy atom. The Hall–Kier alpha value is -0.970. The third kappa shape index (κ3) is 3.98. The second-order valence-corrected chi connectivity index (χ2v) is 3.22. The third-order valence-electron chi connectivity index (χ3n) is 2.14. The van der Waals surface area contributed by atoms with Crippen molar-refractivity contribution < 1.29 is 14.5 Å². The van der Waals surface area contributed by atoms with Gasteiger partial charge in [0, 0.05) is 24.2 Å². The van der Waals surface area contributed by atoms with E-state index >= 15 is 0 Å². The minimum Gasteiger partial charge on any atom is -0.373 e. The van der Waals surface area contributed by atoms with Crippen molar-refractivity contribution in [3.8, 4) is 0 Å². The number of nitrogens with zero attached hydrogens (tertiary/aromatic N) is 1. The van der Waals surface area contributed by atoms with E-state index in [9.17, 15) is 14.9 Å². The second-order valence-electron chi connectivity index (χ2n) is 3.22. The summed E-state index contributed by atoms with van der Waals surface area (Å²) in [6.07, 6.45) is 2.85. The van der Waals surface area contributed by atoms with Crippen LogP contribution in [0.5, 0.6) is 0 Å². The molecule has 1 heterocycles. The highest BCUT2D eigenvalue weighted by molar-refractivity contribution is 5.49. The lowest BCUT2D eigenvalue weighted by Gasteiger charge is -2.05. The van der Waals surface area contributed by atoms with Gasteiger partial charge in [-0.25, -0.2) is 0 Å². The van der Waals surface area contributed by atoms with Gasteiger partial charge in [-0.1, -0.05) is 0 Å². The Kier molecular flexibility index (Phi) is 3.82. The molecule has 1 saturated heterocycles. The molecule has 1 fully saturated rings. The van der Waals surface area contributed by atoms with Gasteiger partial charge < -0.3 is 9.53 Å². The number of nitro groups is 1. The fourth-order valence-corrected chi connectivity index (χ4v) is 1.23. The summed E-state index contributed by atoms with van der Waals surface area (Å²) in [6, 6.07) is -0.575. The molecule has 0 N–H and O–H groups in total. The zero-order valence-electron chi connectivity index (χ0n) is 7.35. The summed E-state index contributed by atoms with van der Waals surface area (Å²) in [5, 5.41) is 10.5. The molecule has 5 nitrogen and oxygen atoms in total. The van der Waals surface area contributed by atoms with E-state index in [4.69, 9.17) is 4.74 Å². The Labute approximate surface area is 76.2 Å². The highest BCUT2D eigenvalue weighted by atomic mass is 16.6. The number of ether oxygens (including phenoxy) is 1. The Morgan fingerprint density at radius 3 is 2.77 bits per heavy atom. The molecule has 0 aromatic heterocycles. The Bertz CT molecular complexity index is 191. The summed E-state index contributed by atoms with van der Waals surface area (Å²) < 4.78 is 4.95. The number of epoxide rings is 1. The molecule has 5 heteroatoms. The first-order chi connectivity index (χ1) is 6.24. The van der Waals surface area contributed by atoms with Crippen LogP contribution in [0.3, 0.4) is 0 Å². The van der Waals surface area contributed by atoms with Gasteiger partial charge in [0.2, 0.25) is 6.04 Å². The summed E-state index contributed by atoms with van der Waals surface area (Å²) >= 11 is 0. The summed E-state index contributed by atoms with van der Waals surface area (Å²) in [4.78, 5) is 20.2. The monoisotopic (exact) mass is 187 g/mol. The van der Waals surface area contributed by atoms with Crippen molar-refractivity contribution in [3.05, 3.63) is 10.1 Å². The molecule has 2 unspecified atom stereocenters. The molecule has 1 aliphatic heterocycles. The largest absolute Gasteiger partial charge is 0.373 e. The second kappa shape index (κ2) is 4.91. The molecular weight excluding hydrogens is 174 g/mol. The van der Waals surface area contributed by atoms with Crippen LogP contribution in [0.1, 0.15) is 25.7 Å². The van der Waals surface area contributed by atoms with E-state index in [1.807, 2.05) is 0 Å². The standard InChI is InChI=1S/C8H13NO4/c10-5-1-2-7(9(11)12)3-4-8-6-13-8/h5,7-8H,1-4,6H2. The number of hydrogen-bond donors (Lipinski definition) is 0. The van der Waals surface area contributed by atoms with Crippen molar-refractivity contribution in [3.63, 3.8) is 0 Å². The third-order valence-corrected chi connectivity index (χ3v) is 2.14. The average Bonchev–Trinajstić information content (AvgIpc) is 2.87. The molecule has 74 valence electrons. The van der Waals surface area contributed by atoms with Gasteiger partial charge in [-0.3, -0.25) is 10.1 Å². The minimum absolute atomic E-state index is 0.235. The van der Waals surface area contributed by atoms with Gasteiger partial charge in [0.15, 0.2) is 0 Å². The Balaban J connectivity index is 2.18. The number of hydrogen-bond acceptors (Lipinski definition) is 4. The van der Waals surface area contributed by atoms with Crippen LogP contribution in [0.25, 0.3) is 0 Å². The fourth-order valence-electron chi connectivity index (χ4n) is 1.23. The molecule has 2 atom stereocenters. The molecule has 0 spiro atoms. The van der Waals surface area contributed by atoms with E-state index in [-0.39, 0.29) is 17.4 Å². The van der Waals surface area contributed by atoms with E-state index in [0.29, 0.717) is 12.8 Å². The number of rotatable bonds is 7. The molecular formula is C8H13NO4. The minimum atomic E-state index is -0.575. The van der Waals surface area contributed by atoms with Gasteiger partial charge in [-0.05, 0) is 6.42 Å². The van der Waals surface area contributed by atoms with Crippen molar-refractivity contribution in [2.24, 2.45) is 0 Å². The van der Waals surface area contributed by atoms with Gasteiger partial charge in [0.25, 0.3) is 0 Å². The van der Waals surface area contributed by atoms with E-state index in [0.717, 1.165) is 19.3 Å². The first-order valence-electron chi connectivity index (χ1n) is 4.42. The molecule has 0 radical (unpaired) electrons. The summed E-state index contributed by atoms with van der Waals surface area (Å²) in [5.41, 5.74) is 0. The van der Waals surface area contributed by atoms with E-state index < -0.39 is 6.04 Å². The van der Waals surface area contributed by atoms with E-state index in [2.05, 4.69) is 0 Å². The van der Waals surface area contributed by atoms with E-state index in [1.165, 1.54) is 0 Å². The zero-order valence-corrected chi connectivity index (χ0v) is 7.35. The topological polar surface area (TPSA) is 72.7 Å². The van der Waals surface area contributed by atoms with Crippen LogP contribution in [0.2, 0.25) is 0 Å². The number of carbonyl (C=O) groups excluding carboxylic acids is 1. The zero-order chi connectivity index (χ0) is 9.68. The van der Waals surface area contributed by atoms with Gasteiger partial charge in [0.05, 0.1) is 12.7 Å². The molecule has 0 aromatic carbocycles. The smallest absolute Gasteiger partial charge is 0.213 e. The quantitative estimate of drug-likeness (QED) is 0.255. The highest BCUT2D eigenvalue weighted by Gasteiger charge is 2.27. The van der Waals surface area contributed by atoms with Crippen LogP contribution in [0.15, 0.2) is 0 Å². The van der Waals surface area contributed by atoms with Crippen molar-refractivity contribution >= 4 is 6.29 Å². The van der Waals surface area contributed by atoms with Crippen LogP contribution < -0.4 is 0 Å². The molecule has 13 heavy (non-hydrogen) atoms. The molecule has 1 rings (SSSR count). The van der Waals surface area contributed by atoms with Gasteiger partial charge in [-0.15, -0.1) is 0 Å². The van der Waals surface area contributed by atoms with Crippen molar-refractivity contribution in [2.45, 2.75) is 37.8 Å². The molecule has 0 aliphatic carbocycles. The molecule has 0 amide bonds. The summed E-state index contributed by atoms with van der Waals surface area (Å²) in [7, 11) is 0. The summed E-state index contributed by atoms with van der Waals surface area (Å²) in [5.74, 6) is 0. The van der Waals surface area contributed by atoms with Crippen LogP contribution in [-0.2, 0) is 9.53 Å². The highest BCUT2D eigenvalue weighted by Crippen LogP contribution is 2.19. The SMILES string of the molecule is O=CCCC(CCC1CO1)[N+](=O)[O-]. The first kappa shape index (κ1) is 10.1. The molecule has 0 aromatic rings. The maximum absolute atomic E-state index is 10.5. The van der Waals surface area contributed by atoms with Crippen LogP contribution >= 0.6 is 0 Å². The fraction of sp³-hybridized carbons (Fsp3) is 0.875. The van der Waals surface area contributed by atoms with Crippen molar-refractivity contribution in [1.29, 1.82) is 0 Å². The number of carbonyl (C=O) groups is 1. The van der Waals surface area contributed by atoms with Gasteiger partial charge >= 0.3 is 0 Å². The average molecular weight is 187 g/mol. The molecule has 1 aliphatic rings. The Morgan fingerprint density at radius 2 is 2.31 bits per heavy atom. The van der Waals surface area contributed by atoms with Gasteiger partial charge in [-0.2, -0.15) is 0 Å². The van der Waals surface area contributed by atoms with Crippen LogP contribution in [-0.4, -0.2) is 30.0 Å². The predicted octanol–water partition coefficient (Wildman–Crippen LogP) is 0.790. The van der Waals surface area contributed by atoms with E-state index in [1.54, 1.807) is 0 Å². The summed E-state index contributed by atoms with van der Waals surface area (Å²) in [6.45, 7) is 0.734. The van der Waals surface area contributed by atoms with Crippen molar-refractivity contribution in [2.75, 3.05) is 6.61 Å². The lowest BCUT2D eigenvalue weighted by Crippen LogP contribution is -2.20. The molecule has 0 saturated carbocycles. The van der Waals surface area contributed by atoms with Crippen LogP contribution in [0, 0.1) is 10.1 Å². The first-order valence-corrected chi connectivity index (χ1v) is 4.42. The van der Waals surface area contributed by atoms with Crippen LogP contribution in [0.4, 0.5) is 0 Å². The number of aldehydes is 1. The lowest BCUT2D eigenvalue weighted by atomic mass is 10.1. The van der Waals surface area contributed by atoms with Gasteiger partial charge in [0.1, 0.15) is 6.29 Å². The maximum Gasteiger partial charge on any atom is 0.213 e. The molecule has 0 bridgehead atoms. The van der Waals surface area contributed by atoms with Crippen molar-refractivity contribution in [1.82, 2.24) is 0 Å². The maximum atomic E-state index is 10.5.